The number of hydrogen-bond donors (Lipinski definition) is 2. The van der Waals surface area contributed by atoms with Gasteiger partial charge in [0.25, 0.3) is 0 Å². The SMILES string of the molecule is Cc1cc(C)c(C(=O)O)cc1NC(=O)CC1=CCCCC1. The molecular weight excluding hydrogens is 266 g/mol. The number of carboxylic acid groups (broad SMARTS) is 1. The van der Waals surface area contributed by atoms with E-state index in [1.807, 2.05) is 6.92 Å². The minimum atomic E-state index is -0.974. The van der Waals surface area contributed by atoms with Gasteiger partial charge in [-0.2, -0.15) is 0 Å². The molecule has 2 rings (SSSR count). The maximum atomic E-state index is 12.1. The zero-order valence-electron chi connectivity index (χ0n) is 12.5. The predicted molar refractivity (Wildman–Crippen MR) is 82.7 cm³/mol. The van der Waals surface area contributed by atoms with Crippen molar-refractivity contribution in [2.24, 2.45) is 0 Å². The van der Waals surface area contributed by atoms with Gasteiger partial charge in [-0.25, -0.2) is 4.79 Å². The third kappa shape index (κ3) is 3.94. The maximum Gasteiger partial charge on any atom is 0.336 e. The number of aryl methyl sites for hydroxylation is 2. The summed E-state index contributed by atoms with van der Waals surface area (Å²) in [6, 6.07) is 3.33. The van der Waals surface area contributed by atoms with Crippen LogP contribution in [-0.4, -0.2) is 17.0 Å². The zero-order valence-corrected chi connectivity index (χ0v) is 12.5. The van der Waals surface area contributed by atoms with Crippen molar-refractivity contribution < 1.29 is 14.7 Å². The zero-order chi connectivity index (χ0) is 15.4. The summed E-state index contributed by atoms with van der Waals surface area (Å²) in [4.78, 5) is 23.3. The Labute approximate surface area is 124 Å². The van der Waals surface area contributed by atoms with Gasteiger partial charge in [0, 0.05) is 12.1 Å². The van der Waals surface area contributed by atoms with Crippen molar-refractivity contribution in [3.63, 3.8) is 0 Å². The lowest BCUT2D eigenvalue weighted by Crippen LogP contribution is -2.15. The first-order valence-corrected chi connectivity index (χ1v) is 7.29. The van der Waals surface area contributed by atoms with Crippen LogP contribution in [-0.2, 0) is 4.79 Å². The highest BCUT2D eigenvalue weighted by atomic mass is 16.4. The molecule has 0 saturated heterocycles. The summed E-state index contributed by atoms with van der Waals surface area (Å²) in [5, 5.41) is 12.0. The smallest absolute Gasteiger partial charge is 0.336 e. The molecule has 1 amide bonds. The Kier molecular flexibility index (Phi) is 4.78. The summed E-state index contributed by atoms with van der Waals surface area (Å²) >= 11 is 0. The molecule has 1 aromatic rings. The lowest BCUT2D eigenvalue weighted by molar-refractivity contribution is -0.115. The van der Waals surface area contributed by atoms with Gasteiger partial charge in [0.2, 0.25) is 5.91 Å². The fourth-order valence-electron chi connectivity index (χ4n) is 2.68. The molecule has 112 valence electrons. The second-order valence-electron chi connectivity index (χ2n) is 5.62. The molecule has 0 spiro atoms. The molecule has 1 aliphatic carbocycles. The molecular formula is C17H21NO3. The lowest BCUT2D eigenvalue weighted by Gasteiger charge is -2.14. The van der Waals surface area contributed by atoms with Gasteiger partial charge < -0.3 is 10.4 Å². The third-order valence-electron chi connectivity index (χ3n) is 3.85. The van der Waals surface area contributed by atoms with E-state index < -0.39 is 5.97 Å². The molecule has 0 bridgehead atoms. The number of carboxylic acids is 1. The fraction of sp³-hybridized carbons (Fsp3) is 0.412. The van der Waals surface area contributed by atoms with Crippen molar-refractivity contribution in [3.8, 4) is 0 Å². The van der Waals surface area contributed by atoms with Crippen molar-refractivity contribution in [1.29, 1.82) is 0 Å². The third-order valence-corrected chi connectivity index (χ3v) is 3.85. The molecule has 0 saturated carbocycles. The van der Waals surface area contributed by atoms with Crippen LogP contribution in [0.15, 0.2) is 23.8 Å². The number of allylic oxidation sites excluding steroid dienone is 1. The molecule has 0 radical (unpaired) electrons. The van der Waals surface area contributed by atoms with Crippen LogP contribution in [0.25, 0.3) is 0 Å². The molecule has 21 heavy (non-hydrogen) atoms. The average Bonchev–Trinajstić information content (AvgIpc) is 2.42. The van der Waals surface area contributed by atoms with Crippen LogP contribution >= 0.6 is 0 Å². The molecule has 4 nitrogen and oxygen atoms in total. The normalized spacial score (nSPS) is 14.5. The number of benzene rings is 1. The van der Waals surface area contributed by atoms with Crippen molar-refractivity contribution >= 4 is 17.6 Å². The summed E-state index contributed by atoms with van der Waals surface area (Å²) in [7, 11) is 0. The highest BCUT2D eigenvalue weighted by Gasteiger charge is 2.14. The van der Waals surface area contributed by atoms with Crippen LogP contribution in [0.1, 0.15) is 53.6 Å². The number of carbonyl (C=O) groups is 2. The number of amides is 1. The van der Waals surface area contributed by atoms with Crippen LogP contribution in [0.4, 0.5) is 5.69 Å². The van der Waals surface area contributed by atoms with E-state index in [1.165, 1.54) is 12.0 Å². The quantitative estimate of drug-likeness (QED) is 0.827. The van der Waals surface area contributed by atoms with Crippen LogP contribution in [0, 0.1) is 13.8 Å². The molecule has 2 N–H and O–H groups in total. The van der Waals surface area contributed by atoms with E-state index in [0.717, 1.165) is 24.8 Å². The van der Waals surface area contributed by atoms with E-state index in [4.69, 9.17) is 5.11 Å². The van der Waals surface area contributed by atoms with Gasteiger partial charge in [0.05, 0.1) is 5.56 Å². The van der Waals surface area contributed by atoms with E-state index in [0.29, 0.717) is 17.7 Å². The van der Waals surface area contributed by atoms with Gasteiger partial charge in [-0.15, -0.1) is 0 Å². The fourth-order valence-corrected chi connectivity index (χ4v) is 2.68. The van der Waals surface area contributed by atoms with Crippen LogP contribution in [0.5, 0.6) is 0 Å². The summed E-state index contributed by atoms with van der Waals surface area (Å²) in [5.41, 5.74) is 3.57. The Bertz CT molecular complexity index is 602. The lowest BCUT2D eigenvalue weighted by atomic mass is 9.97. The largest absolute Gasteiger partial charge is 0.478 e. The highest BCUT2D eigenvalue weighted by molar-refractivity contribution is 5.96. The number of anilines is 1. The molecule has 1 aliphatic rings. The Morgan fingerprint density at radius 2 is 1.95 bits per heavy atom. The molecule has 1 aromatic carbocycles. The molecule has 0 unspecified atom stereocenters. The first-order valence-electron chi connectivity index (χ1n) is 7.29. The van der Waals surface area contributed by atoms with Gasteiger partial charge in [0.15, 0.2) is 0 Å². The molecule has 0 aromatic heterocycles. The van der Waals surface area contributed by atoms with Crippen LogP contribution in [0.2, 0.25) is 0 Å². The van der Waals surface area contributed by atoms with E-state index >= 15 is 0 Å². The summed E-state index contributed by atoms with van der Waals surface area (Å²) in [5.74, 6) is -1.05. The van der Waals surface area contributed by atoms with Crippen molar-refractivity contribution in [2.75, 3.05) is 5.32 Å². The molecule has 4 heteroatoms. The average molecular weight is 287 g/mol. The number of carbonyl (C=O) groups excluding carboxylic acids is 1. The van der Waals surface area contributed by atoms with Crippen molar-refractivity contribution in [3.05, 3.63) is 40.5 Å². The topological polar surface area (TPSA) is 66.4 Å². The monoisotopic (exact) mass is 287 g/mol. The molecule has 0 aliphatic heterocycles. The van der Waals surface area contributed by atoms with Gasteiger partial charge >= 0.3 is 5.97 Å². The van der Waals surface area contributed by atoms with Crippen molar-refractivity contribution in [1.82, 2.24) is 0 Å². The molecule has 0 fully saturated rings. The summed E-state index contributed by atoms with van der Waals surface area (Å²) in [6.07, 6.45) is 6.93. The number of hydrogen-bond acceptors (Lipinski definition) is 2. The Morgan fingerprint density at radius 1 is 1.19 bits per heavy atom. The highest BCUT2D eigenvalue weighted by Crippen LogP contribution is 2.23. The molecule has 0 heterocycles. The van der Waals surface area contributed by atoms with E-state index in [2.05, 4.69) is 11.4 Å². The first-order chi connectivity index (χ1) is 9.97. The number of aromatic carboxylic acids is 1. The van der Waals surface area contributed by atoms with Crippen LogP contribution in [0.3, 0.4) is 0 Å². The molecule has 0 atom stereocenters. The summed E-state index contributed by atoms with van der Waals surface area (Å²) < 4.78 is 0. The number of nitrogens with one attached hydrogen (secondary N) is 1. The first kappa shape index (κ1) is 15.3. The van der Waals surface area contributed by atoms with E-state index in [1.54, 1.807) is 19.1 Å². The second kappa shape index (κ2) is 6.57. The maximum absolute atomic E-state index is 12.1. The minimum absolute atomic E-state index is 0.0774. The van der Waals surface area contributed by atoms with Gasteiger partial charge in [-0.3, -0.25) is 4.79 Å². The number of rotatable bonds is 4. The van der Waals surface area contributed by atoms with Gasteiger partial charge in [0.1, 0.15) is 0 Å². The van der Waals surface area contributed by atoms with E-state index in [9.17, 15) is 9.59 Å². The van der Waals surface area contributed by atoms with Gasteiger partial charge in [-0.1, -0.05) is 17.7 Å². The Hall–Kier alpha value is -2.10. The Balaban J connectivity index is 2.11. The summed E-state index contributed by atoms with van der Waals surface area (Å²) in [6.45, 7) is 3.63. The second-order valence-corrected chi connectivity index (χ2v) is 5.62. The standard InChI is InChI=1S/C17H21NO3/c1-11-8-12(2)15(10-14(11)17(20)21)18-16(19)9-13-6-4-3-5-7-13/h6,8,10H,3-5,7,9H2,1-2H3,(H,18,19)(H,20,21). The van der Waals surface area contributed by atoms with Crippen molar-refractivity contribution in [2.45, 2.75) is 46.0 Å². The predicted octanol–water partition coefficient (Wildman–Crippen LogP) is 3.83. The van der Waals surface area contributed by atoms with E-state index in [-0.39, 0.29) is 11.5 Å². The Morgan fingerprint density at radius 3 is 2.57 bits per heavy atom. The van der Waals surface area contributed by atoms with Crippen LogP contribution < -0.4 is 5.32 Å². The van der Waals surface area contributed by atoms with Gasteiger partial charge in [-0.05, 0) is 56.7 Å². The minimum Gasteiger partial charge on any atom is -0.478 e.